The smallest absolute Gasteiger partial charge is 0.271 e. The first-order valence-corrected chi connectivity index (χ1v) is 9.90. The molecule has 0 saturated heterocycles. The van der Waals surface area contributed by atoms with Crippen LogP contribution in [0.25, 0.3) is 22.1 Å². The number of anilines is 1. The Labute approximate surface area is 180 Å². The van der Waals surface area contributed by atoms with E-state index in [1.807, 2.05) is 50.2 Å². The van der Waals surface area contributed by atoms with E-state index in [2.05, 4.69) is 10.5 Å². The number of benzene rings is 3. The van der Waals surface area contributed by atoms with Crippen LogP contribution in [0.3, 0.4) is 0 Å². The molecule has 0 radical (unpaired) electrons. The van der Waals surface area contributed by atoms with E-state index in [1.54, 1.807) is 30.3 Å². The summed E-state index contributed by atoms with van der Waals surface area (Å²) >= 11 is 0. The van der Waals surface area contributed by atoms with Gasteiger partial charge in [0.1, 0.15) is 17.1 Å². The predicted molar refractivity (Wildman–Crippen MR) is 123 cm³/mol. The van der Waals surface area contributed by atoms with E-state index >= 15 is 0 Å². The number of carbonyl (C=O) groups is 1. The van der Waals surface area contributed by atoms with Gasteiger partial charge in [-0.15, -0.1) is 0 Å². The first-order chi connectivity index (χ1) is 14.9. The van der Waals surface area contributed by atoms with Crippen LogP contribution >= 0.6 is 0 Å². The molecule has 1 aromatic heterocycles. The van der Waals surface area contributed by atoms with Crippen LogP contribution in [-0.4, -0.2) is 16.7 Å². The van der Waals surface area contributed by atoms with Gasteiger partial charge in [-0.2, -0.15) is 5.10 Å². The Bertz CT molecular complexity index is 1290. The number of nitrogen functional groups attached to an aromatic ring is 1. The number of rotatable bonds is 5. The fourth-order valence-electron chi connectivity index (χ4n) is 3.45. The molecule has 0 aliphatic carbocycles. The normalized spacial score (nSPS) is 11.6. The fourth-order valence-corrected chi connectivity index (χ4v) is 3.45. The van der Waals surface area contributed by atoms with E-state index in [0.717, 1.165) is 39.1 Å². The van der Waals surface area contributed by atoms with Crippen molar-refractivity contribution in [3.8, 4) is 16.9 Å². The second kappa shape index (κ2) is 8.36. The molecule has 3 aromatic carbocycles. The molecule has 0 aliphatic rings. The zero-order valence-corrected chi connectivity index (χ0v) is 17.3. The molecular weight excluding hydrogens is 390 g/mol. The summed E-state index contributed by atoms with van der Waals surface area (Å²) in [7, 11) is 0. The average molecular weight is 413 g/mol. The highest BCUT2D eigenvalue weighted by Crippen LogP contribution is 2.33. The average Bonchev–Trinajstić information content (AvgIpc) is 3.13. The number of nitrogens with two attached hydrogens (primary N) is 1. The first-order valence-electron chi connectivity index (χ1n) is 9.90. The summed E-state index contributed by atoms with van der Waals surface area (Å²) in [6.45, 7) is 3.75. The van der Waals surface area contributed by atoms with Crippen LogP contribution in [0, 0.1) is 6.92 Å². The summed E-state index contributed by atoms with van der Waals surface area (Å²) in [4.78, 5) is 12.2. The summed E-state index contributed by atoms with van der Waals surface area (Å²) in [6, 6.07) is 19.9. The van der Waals surface area contributed by atoms with Crippen LogP contribution in [0.4, 0.5) is 5.69 Å². The van der Waals surface area contributed by atoms with Crippen molar-refractivity contribution < 1.29 is 14.3 Å². The standard InChI is InChI=1S/C25H23N3O3/c1-15(27-28-25(30)18-4-7-21(26)8-5-18)11-17-3-9-23(29)22(13-17)19-6-10-24-20(14-19)12-16(2)31-24/h3-10,12-14,29H,11,26H2,1-2H3,(H,28,30). The van der Waals surface area contributed by atoms with Gasteiger partial charge in [0, 0.05) is 34.3 Å². The number of amides is 1. The number of aryl methyl sites for hydroxylation is 1. The number of aromatic hydroxyl groups is 1. The van der Waals surface area contributed by atoms with E-state index in [-0.39, 0.29) is 11.7 Å². The number of hydrogen-bond acceptors (Lipinski definition) is 5. The maximum atomic E-state index is 12.2. The van der Waals surface area contributed by atoms with Gasteiger partial charge in [0.25, 0.3) is 5.91 Å². The molecule has 1 heterocycles. The molecule has 0 unspecified atom stereocenters. The first kappa shape index (κ1) is 20.2. The van der Waals surface area contributed by atoms with E-state index < -0.39 is 0 Å². The predicted octanol–water partition coefficient (Wildman–Crippen LogP) is 5.04. The lowest BCUT2D eigenvalue weighted by Gasteiger charge is -2.09. The van der Waals surface area contributed by atoms with Crippen LogP contribution < -0.4 is 11.2 Å². The molecule has 0 bridgehead atoms. The highest BCUT2D eigenvalue weighted by Gasteiger charge is 2.10. The summed E-state index contributed by atoms with van der Waals surface area (Å²) in [6.07, 6.45) is 0.530. The third kappa shape index (κ3) is 4.59. The van der Waals surface area contributed by atoms with Gasteiger partial charge in [0.05, 0.1) is 0 Å². The minimum atomic E-state index is -0.297. The van der Waals surface area contributed by atoms with Crippen molar-refractivity contribution in [1.82, 2.24) is 5.43 Å². The maximum Gasteiger partial charge on any atom is 0.271 e. The van der Waals surface area contributed by atoms with E-state index in [9.17, 15) is 9.90 Å². The number of furan rings is 1. The number of phenols is 1. The summed E-state index contributed by atoms with van der Waals surface area (Å²) in [5, 5.41) is 15.6. The van der Waals surface area contributed by atoms with Crippen molar-refractivity contribution in [2.75, 3.05) is 5.73 Å². The minimum Gasteiger partial charge on any atom is -0.507 e. The van der Waals surface area contributed by atoms with Gasteiger partial charge in [-0.3, -0.25) is 4.79 Å². The van der Waals surface area contributed by atoms with E-state index in [0.29, 0.717) is 17.7 Å². The molecule has 156 valence electrons. The lowest BCUT2D eigenvalue weighted by molar-refractivity contribution is 0.0954. The zero-order chi connectivity index (χ0) is 22.0. The van der Waals surface area contributed by atoms with Gasteiger partial charge >= 0.3 is 0 Å². The number of carbonyl (C=O) groups excluding carboxylic acids is 1. The van der Waals surface area contributed by atoms with Crippen molar-refractivity contribution in [3.05, 3.63) is 83.6 Å². The number of fused-ring (bicyclic) bond motifs is 1. The number of hydrazone groups is 1. The maximum absolute atomic E-state index is 12.2. The topological polar surface area (TPSA) is 101 Å². The van der Waals surface area contributed by atoms with Crippen LogP contribution in [0.2, 0.25) is 0 Å². The Morgan fingerprint density at radius 2 is 1.84 bits per heavy atom. The molecule has 0 fully saturated rings. The Hall–Kier alpha value is -4.06. The van der Waals surface area contributed by atoms with Crippen molar-refractivity contribution in [2.24, 2.45) is 5.10 Å². The monoisotopic (exact) mass is 413 g/mol. The number of nitrogens with zero attached hydrogens (tertiary/aromatic N) is 1. The minimum absolute atomic E-state index is 0.203. The van der Waals surface area contributed by atoms with Gasteiger partial charge in [0.2, 0.25) is 0 Å². The molecule has 0 spiro atoms. The van der Waals surface area contributed by atoms with Crippen molar-refractivity contribution in [1.29, 1.82) is 0 Å². The van der Waals surface area contributed by atoms with Crippen molar-refractivity contribution in [3.63, 3.8) is 0 Å². The Balaban J connectivity index is 1.51. The molecular formula is C25H23N3O3. The summed E-state index contributed by atoms with van der Waals surface area (Å²) in [5.41, 5.74) is 13.5. The van der Waals surface area contributed by atoms with Gasteiger partial charge in [-0.25, -0.2) is 5.43 Å². The van der Waals surface area contributed by atoms with Gasteiger partial charge in [-0.1, -0.05) is 12.1 Å². The molecule has 0 atom stereocenters. The third-order valence-electron chi connectivity index (χ3n) is 4.99. The molecule has 6 nitrogen and oxygen atoms in total. The molecule has 4 N–H and O–H groups in total. The highest BCUT2D eigenvalue weighted by atomic mass is 16.3. The number of nitrogens with one attached hydrogen (secondary N) is 1. The van der Waals surface area contributed by atoms with Crippen molar-refractivity contribution >= 4 is 28.3 Å². The molecule has 0 aliphatic heterocycles. The molecule has 4 aromatic rings. The second-order valence-electron chi connectivity index (χ2n) is 7.55. The lowest BCUT2D eigenvalue weighted by Crippen LogP contribution is -2.19. The second-order valence-corrected chi connectivity index (χ2v) is 7.55. The Morgan fingerprint density at radius 1 is 1.06 bits per heavy atom. The quantitative estimate of drug-likeness (QED) is 0.242. The largest absolute Gasteiger partial charge is 0.507 e. The Kier molecular flexibility index (Phi) is 5.45. The molecule has 4 rings (SSSR count). The number of phenolic OH excluding ortho intramolecular Hbond substituents is 1. The van der Waals surface area contributed by atoms with E-state index in [1.165, 1.54) is 0 Å². The van der Waals surface area contributed by atoms with E-state index in [4.69, 9.17) is 10.2 Å². The van der Waals surface area contributed by atoms with Crippen molar-refractivity contribution in [2.45, 2.75) is 20.3 Å². The lowest BCUT2D eigenvalue weighted by atomic mass is 9.99. The van der Waals surface area contributed by atoms with Crippen LogP contribution in [0.5, 0.6) is 5.75 Å². The highest BCUT2D eigenvalue weighted by molar-refractivity contribution is 5.95. The van der Waals surface area contributed by atoms with Crippen LogP contribution in [-0.2, 0) is 6.42 Å². The third-order valence-corrected chi connectivity index (χ3v) is 4.99. The SMILES string of the molecule is CC(Cc1ccc(O)c(-c2ccc3oc(C)cc3c2)c1)=NNC(=O)c1ccc(N)cc1. The zero-order valence-electron chi connectivity index (χ0n) is 17.3. The van der Waals surface area contributed by atoms with Crippen LogP contribution in [0.1, 0.15) is 28.6 Å². The fraction of sp³-hybridized carbons (Fsp3) is 0.120. The molecule has 0 saturated carbocycles. The molecule has 31 heavy (non-hydrogen) atoms. The Morgan fingerprint density at radius 3 is 2.61 bits per heavy atom. The van der Waals surface area contributed by atoms with Crippen LogP contribution in [0.15, 0.2) is 76.2 Å². The van der Waals surface area contributed by atoms with Gasteiger partial charge in [-0.05, 0) is 79.6 Å². The number of hydrogen-bond donors (Lipinski definition) is 3. The molecule has 1 amide bonds. The molecule has 6 heteroatoms. The van der Waals surface area contributed by atoms with Gasteiger partial charge < -0.3 is 15.3 Å². The summed E-state index contributed by atoms with van der Waals surface area (Å²) < 4.78 is 5.63. The van der Waals surface area contributed by atoms with Gasteiger partial charge in [0.15, 0.2) is 0 Å². The summed E-state index contributed by atoms with van der Waals surface area (Å²) in [5.74, 6) is 0.752.